The molecule has 2 heteroatoms. The van der Waals surface area contributed by atoms with Crippen molar-refractivity contribution in [3.63, 3.8) is 0 Å². The summed E-state index contributed by atoms with van der Waals surface area (Å²) in [6.45, 7) is 8.70. The van der Waals surface area contributed by atoms with Crippen molar-refractivity contribution in [2.45, 2.75) is 39.2 Å². The van der Waals surface area contributed by atoms with E-state index in [2.05, 4.69) is 18.7 Å². The molecule has 12 heavy (non-hydrogen) atoms. The van der Waals surface area contributed by atoms with Gasteiger partial charge in [-0.2, -0.15) is 0 Å². The van der Waals surface area contributed by atoms with Crippen LogP contribution in [0.4, 0.5) is 0 Å². The van der Waals surface area contributed by atoms with Crippen LogP contribution in [0.2, 0.25) is 0 Å². The fraction of sp³-hybridized carbons (Fsp3) is 1.00. The fourth-order valence-corrected chi connectivity index (χ4v) is 1.70. The van der Waals surface area contributed by atoms with Gasteiger partial charge in [-0.1, -0.05) is 19.8 Å². The van der Waals surface area contributed by atoms with Crippen LogP contribution >= 0.6 is 0 Å². The van der Waals surface area contributed by atoms with Crippen molar-refractivity contribution in [2.24, 2.45) is 0 Å². The molecule has 0 bridgehead atoms. The Hall–Kier alpha value is -0.0800. The average molecular weight is 171 g/mol. The number of ether oxygens (including phenoxy) is 1. The van der Waals surface area contributed by atoms with Crippen LogP contribution < -0.4 is 0 Å². The van der Waals surface area contributed by atoms with Gasteiger partial charge in [0.25, 0.3) is 0 Å². The number of morpholine rings is 1. The van der Waals surface area contributed by atoms with Crippen molar-refractivity contribution in [1.82, 2.24) is 4.90 Å². The summed E-state index contributed by atoms with van der Waals surface area (Å²) in [5.74, 6) is 0. The highest BCUT2D eigenvalue weighted by Gasteiger charge is 2.15. The number of rotatable bonds is 4. The summed E-state index contributed by atoms with van der Waals surface area (Å²) >= 11 is 0. The third-order valence-electron chi connectivity index (χ3n) is 2.64. The first-order chi connectivity index (χ1) is 5.84. The van der Waals surface area contributed by atoms with Crippen LogP contribution in [0.5, 0.6) is 0 Å². The van der Waals surface area contributed by atoms with E-state index in [1.807, 2.05) is 0 Å². The predicted molar refractivity (Wildman–Crippen MR) is 51.4 cm³/mol. The molecule has 1 aliphatic rings. The molecule has 0 aromatic carbocycles. The van der Waals surface area contributed by atoms with E-state index in [1.54, 1.807) is 0 Å². The van der Waals surface area contributed by atoms with Gasteiger partial charge in [0.15, 0.2) is 0 Å². The molecule has 1 fully saturated rings. The molecule has 0 amide bonds. The van der Waals surface area contributed by atoms with Crippen LogP contribution in [0.1, 0.15) is 33.1 Å². The molecule has 2 nitrogen and oxygen atoms in total. The summed E-state index contributed by atoms with van der Waals surface area (Å²) in [6.07, 6.45) is 4.02. The van der Waals surface area contributed by atoms with Crippen LogP contribution in [0.25, 0.3) is 0 Å². The molecule has 72 valence electrons. The third-order valence-corrected chi connectivity index (χ3v) is 2.64. The average Bonchev–Trinajstić information content (AvgIpc) is 2.15. The highest BCUT2D eigenvalue weighted by molar-refractivity contribution is 4.69. The van der Waals surface area contributed by atoms with Gasteiger partial charge in [0, 0.05) is 19.1 Å². The summed E-state index contributed by atoms with van der Waals surface area (Å²) in [7, 11) is 0. The lowest BCUT2D eigenvalue weighted by molar-refractivity contribution is 0.0182. The van der Waals surface area contributed by atoms with Gasteiger partial charge in [0.05, 0.1) is 13.2 Å². The molecular weight excluding hydrogens is 150 g/mol. The standard InChI is InChI=1S/C10H21NO/c1-3-4-5-10(2)11-6-8-12-9-7-11/h10H,3-9H2,1-2H3. The second kappa shape index (κ2) is 5.55. The zero-order valence-electron chi connectivity index (χ0n) is 8.38. The first kappa shape index (κ1) is 10.0. The van der Waals surface area contributed by atoms with Gasteiger partial charge in [-0.3, -0.25) is 4.90 Å². The van der Waals surface area contributed by atoms with Crippen LogP contribution in [0.15, 0.2) is 0 Å². The Morgan fingerprint density at radius 3 is 2.58 bits per heavy atom. The highest BCUT2D eigenvalue weighted by Crippen LogP contribution is 2.09. The molecule has 0 saturated carbocycles. The Kier molecular flexibility index (Phi) is 4.62. The molecule has 1 heterocycles. The Morgan fingerprint density at radius 1 is 1.33 bits per heavy atom. The van der Waals surface area contributed by atoms with E-state index in [-0.39, 0.29) is 0 Å². The lowest BCUT2D eigenvalue weighted by Crippen LogP contribution is -2.42. The lowest BCUT2D eigenvalue weighted by Gasteiger charge is -2.32. The SMILES string of the molecule is CCCCC(C)N1CCOCC1. The summed E-state index contributed by atoms with van der Waals surface area (Å²) in [6, 6.07) is 0.758. The van der Waals surface area contributed by atoms with Crippen molar-refractivity contribution in [1.29, 1.82) is 0 Å². The lowest BCUT2D eigenvalue weighted by atomic mass is 10.1. The minimum Gasteiger partial charge on any atom is -0.379 e. The summed E-state index contributed by atoms with van der Waals surface area (Å²) in [5, 5.41) is 0. The quantitative estimate of drug-likeness (QED) is 0.640. The number of hydrogen-bond donors (Lipinski definition) is 0. The zero-order valence-corrected chi connectivity index (χ0v) is 8.38. The van der Waals surface area contributed by atoms with Gasteiger partial charge in [-0.05, 0) is 13.3 Å². The van der Waals surface area contributed by atoms with Crippen molar-refractivity contribution in [3.05, 3.63) is 0 Å². The summed E-state index contributed by atoms with van der Waals surface area (Å²) < 4.78 is 5.31. The number of nitrogens with zero attached hydrogens (tertiary/aromatic N) is 1. The van der Waals surface area contributed by atoms with Crippen molar-refractivity contribution in [3.8, 4) is 0 Å². The first-order valence-corrected chi connectivity index (χ1v) is 5.16. The summed E-state index contributed by atoms with van der Waals surface area (Å²) in [4.78, 5) is 2.54. The first-order valence-electron chi connectivity index (χ1n) is 5.16. The molecular formula is C10H21NO. The minimum atomic E-state index is 0.758. The van der Waals surface area contributed by atoms with Gasteiger partial charge in [-0.15, -0.1) is 0 Å². The third kappa shape index (κ3) is 3.11. The molecule has 1 saturated heterocycles. The topological polar surface area (TPSA) is 12.5 Å². The van der Waals surface area contributed by atoms with E-state index in [4.69, 9.17) is 4.74 Å². The van der Waals surface area contributed by atoms with Gasteiger partial charge in [0.2, 0.25) is 0 Å². The molecule has 0 aromatic rings. The minimum absolute atomic E-state index is 0.758. The monoisotopic (exact) mass is 171 g/mol. The molecule has 1 atom stereocenters. The Morgan fingerprint density at radius 2 is 2.00 bits per heavy atom. The maximum Gasteiger partial charge on any atom is 0.0594 e. The van der Waals surface area contributed by atoms with Crippen molar-refractivity contribution >= 4 is 0 Å². The van der Waals surface area contributed by atoms with Crippen LogP contribution in [0, 0.1) is 0 Å². The number of hydrogen-bond acceptors (Lipinski definition) is 2. The van der Waals surface area contributed by atoms with Crippen LogP contribution in [-0.2, 0) is 4.74 Å². The molecule has 0 N–H and O–H groups in total. The Labute approximate surface area is 75.9 Å². The predicted octanol–water partition coefficient (Wildman–Crippen LogP) is 1.90. The fourth-order valence-electron chi connectivity index (χ4n) is 1.70. The van der Waals surface area contributed by atoms with E-state index < -0.39 is 0 Å². The molecule has 0 aromatic heterocycles. The molecule has 0 spiro atoms. The maximum absolute atomic E-state index is 5.31. The van der Waals surface area contributed by atoms with E-state index >= 15 is 0 Å². The Balaban J connectivity index is 2.15. The van der Waals surface area contributed by atoms with Crippen LogP contribution in [0.3, 0.4) is 0 Å². The van der Waals surface area contributed by atoms with Crippen molar-refractivity contribution in [2.75, 3.05) is 26.3 Å². The molecule has 1 rings (SSSR count). The highest BCUT2D eigenvalue weighted by atomic mass is 16.5. The van der Waals surface area contributed by atoms with Gasteiger partial charge >= 0.3 is 0 Å². The molecule has 1 aliphatic heterocycles. The second-order valence-electron chi connectivity index (χ2n) is 3.64. The van der Waals surface area contributed by atoms with Gasteiger partial charge in [-0.25, -0.2) is 0 Å². The smallest absolute Gasteiger partial charge is 0.0594 e. The molecule has 0 radical (unpaired) electrons. The van der Waals surface area contributed by atoms with Gasteiger partial charge < -0.3 is 4.74 Å². The van der Waals surface area contributed by atoms with Gasteiger partial charge in [0.1, 0.15) is 0 Å². The van der Waals surface area contributed by atoms with Crippen molar-refractivity contribution < 1.29 is 4.74 Å². The number of unbranched alkanes of at least 4 members (excludes halogenated alkanes) is 1. The van der Waals surface area contributed by atoms with Crippen LogP contribution in [-0.4, -0.2) is 37.2 Å². The second-order valence-corrected chi connectivity index (χ2v) is 3.64. The van der Waals surface area contributed by atoms with E-state index in [1.165, 1.54) is 19.3 Å². The van der Waals surface area contributed by atoms with E-state index in [9.17, 15) is 0 Å². The molecule has 1 unspecified atom stereocenters. The van der Waals surface area contributed by atoms with E-state index in [0.717, 1.165) is 32.3 Å². The Bertz CT molecular complexity index is 110. The molecule has 0 aliphatic carbocycles. The maximum atomic E-state index is 5.31. The zero-order chi connectivity index (χ0) is 8.81. The normalized spacial score (nSPS) is 22.5. The van der Waals surface area contributed by atoms with E-state index in [0.29, 0.717) is 0 Å². The largest absolute Gasteiger partial charge is 0.379 e. The summed E-state index contributed by atoms with van der Waals surface area (Å²) in [5.41, 5.74) is 0.